The first-order valence-corrected chi connectivity index (χ1v) is 8.56. The van der Waals surface area contributed by atoms with Gasteiger partial charge in [-0.15, -0.1) is 6.58 Å². The average Bonchev–Trinajstić information content (AvgIpc) is 2.54. The van der Waals surface area contributed by atoms with Crippen LogP contribution in [-0.4, -0.2) is 42.9 Å². The highest BCUT2D eigenvalue weighted by Gasteiger charge is 2.38. The van der Waals surface area contributed by atoms with Gasteiger partial charge in [-0.3, -0.25) is 0 Å². The standard InChI is InChI=1S/C15H21BrN2.C2HF3O2/c1-4-13-10-17-7-8-18(13)15-6-5-12(11(2)3)9-14(15)16;3-2(4,5)1(6)7/h4-6,9,11,13,17H,1,7-8,10H2,2-3H3;(H,6,7). The maximum atomic E-state index is 10.6. The summed E-state index contributed by atoms with van der Waals surface area (Å²) in [4.78, 5) is 11.3. The lowest BCUT2D eigenvalue weighted by Gasteiger charge is -2.37. The smallest absolute Gasteiger partial charge is 0.475 e. The van der Waals surface area contributed by atoms with Crippen LogP contribution in [0.2, 0.25) is 0 Å². The molecule has 1 fully saturated rings. The number of alkyl halides is 3. The maximum Gasteiger partial charge on any atom is 0.490 e. The van der Waals surface area contributed by atoms with Crippen molar-refractivity contribution in [3.8, 4) is 0 Å². The van der Waals surface area contributed by atoms with Crippen molar-refractivity contribution in [2.75, 3.05) is 24.5 Å². The number of carbonyl (C=O) groups is 1. The van der Waals surface area contributed by atoms with Gasteiger partial charge in [-0.1, -0.05) is 26.0 Å². The molecule has 1 aromatic rings. The van der Waals surface area contributed by atoms with Crippen LogP contribution in [0.5, 0.6) is 0 Å². The number of nitrogens with zero attached hydrogens (tertiary/aromatic N) is 1. The first-order valence-electron chi connectivity index (χ1n) is 7.77. The molecule has 0 spiro atoms. The van der Waals surface area contributed by atoms with E-state index in [1.807, 2.05) is 6.08 Å². The van der Waals surface area contributed by atoms with E-state index >= 15 is 0 Å². The zero-order valence-corrected chi connectivity index (χ0v) is 15.7. The molecule has 1 aliphatic rings. The van der Waals surface area contributed by atoms with Crippen LogP contribution in [0.1, 0.15) is 25.3 Å². The van der Waals surface area contributed by atoms with Crippen LogP contribution >= 0.6 is 15.9 Å². The third-order valence-electron chi connectivity index (χ3n) is 3.75. The fourth-order valence-electron chi connectivity index (χ4n) is 2.35. The summed E-state index contributed by atoms with van der Waals surface area (Å²) in [5.41, 5.74) is 2.64. The van der Waals surface area contributed by atoms with E-state index in [0.29, 0.717) is 12.0 Å². The van der Waals surface area contributed by atoms with Gasteiger partial charge in [0.05, 0.1) is 11.7 Å². The van der Waals surface area contributed by atoms with Crippen molar-refractivity contribution in [1.29, 1.82) is 0 Å². The summed E-state index contributed by atoms with van der Waals surface area (Å²) >= 11 is 3.71. The second-order valence-electron chi connectivity index (χ2n) is 5.87. The Balaban J connectivity index is 0.000000381. The van der Waals surface area contributed by atoms with Crippen molar-refractivity contribution in [3.05, 3.63) is 40.9 Å². The number of piperazine rings is 1. The minimum Gasteiger partial charge on any atom is -0.475 e. The molecule has 0 radical (unpaired) electrons. The van der Waals surface area contributed by atoms with Crippen molar-refractivity contribution in [2.24, 2.45) is 0 Å². The number of nitrogens with one attached hydrogen (secondary N) is 1. The number of hydrogen-bond acceptors (Lipinski definition) is 3. The van der Waals surface area contributed by atoms with Crippen LogP contribution in [0.3, 0.4) is 0 Å². The third kappa shape index (κ3) is 6.36. The van der Waals surface area contributed by atoms with Gasteiger partial charge in [0.15, 0.2) is 0 Å². The molecule has 1 atom stereocenters. The molecule has 4 nitrogen and oxygen atoms in total. The van der Waals surface area contributed by atoms with E-state index < -0.39 is 12.1 Å². The number of rotatable bonds is 3. The van der Waals surface area contributed by atoms with Gasteiger partial charge in [-0.05, 0) is 39.5 Å². The zero-order valence-electron chi connectivity index (χ0n) is 14.1. The lowest BCUT2D eigenvalue weighted by molar-refractivity contribution is -0.192. The minimum atomic E-state index is -5.08. The summed E-state index contributed by atoms with van der Waals surface area (Å²) < 4.78 is 32.9. The van der Waals surface area contributed by atoms with Gasteiger partial charge >= 0.3 is 12.1 Å². The first-order chi connectivity index (χ1) is 11.6. The Morgan fingerprint density at radius 3 is 2.52 bits per heavy atom. The van der Waals surface area contributed by atoms with Crippen molar-refractivity contribution in [2.45, 2.75) is 32.0 Å². The highest BCUT2D eigenvalue weighted by atomic mass is 79.9. The highest BCUT2D eigenvalue weighted by molar-refractivity contribution is 9.10. The van der Waals surface area contributed by atoms with Crippen molar-refractivity contribution >= 4 is 27.6 Å². The lowest BCUT2D eigenvalue weighted by Crippen LogP contribution is -2.50. The molecule has 0 saturated carbocycles. The Morgan fingerprint density at radius 2 is 2.08 bits per heavy atom. The van der Waals surface area contributed by atoms with Gasteiger partial charge in [0, 0.05) is 24.1 Å². The SMILES string of the molecule is C=CC1CNCCN1c1ccc(C(C)C)cc1Br.O=C(O)C(F)(F)F. The molecular weight excluding hydrogens is 401 g/mol. The van der Waals surface area contributed by atoms with Crippen molar-refractivity contribution < 1.29 is 23.1 Å². The van der Waals surface area contributed by atoms with E-state index in [4.69, 9.17) is 9.90 Å². The van der Waals surface area contributed by atoms with Crippen LogP contribution < -0.4 is 10.2 Å². The van der Waals surface area contributed by atoms with Gasteiger partial charge in [-0.2, -0.15) is 13.2 Å². The van der Waals surface area contributed by atoms with Crippen LogP contribution in [-0.2, 0) is 4.79 Å². The Bertz CT molecular complexity index is 606. The molecule has 1 heterocycles. The Labute approximate surface area is 153 Å². The molecule has 0 bridgehead atoms. The summed E-state index contributed by atoms with van der Waals surface area (Å²) in [5, 5.41) is 10.5. The molecule has 1 saturated heterocycles. The van der Waals surface area contributed by atoms with Crippen LogP contribution in [0.25, 0.3) is 0 Å². The van der Waals surface area contributed by atoms with Crippen LogP contribution in [0.15, 0.2) is 35.3 Å². The molecule has 1 aliphatic heterocycles. The Hall–Kier alpha value is -1.54. The fourth-order valence-corrected chi connectivity index (χ4v) is 2.97. The second kappa shape index (κ2) is 9.24. The molecule has 1 aromatic carbocycles. The van der Waals surface area contributed by atoms with E-state index in [9.17, 15) is 13.2 Å². The van der Waals surface area contributed by atoms with E-state index in [2.05, 4.69) is 64.8 Å². The summed E-state index contributed by atoms with van der Waals surface area (Å²) in [6.45, 7) is 11.4. The molecule has 8 heteroatoms. The van der Waals surface area contributed by atoms with Gasteiger partial charge in [0.25, 0.3) is 0 Å². The molecule has 2 N–H and O–H groups in total. The summed E-state index contributed by atoms with van der Waals surface area (Å²) in [7, 11) is 0. The van der Waals surface area contributed by atoms with Gasteiger partial charge < -0.3 is 15.3 Å². The number of aliphatic carboxylic acids is 1. The molecule has 2 rings (SSSR count). The number of carboxylic acid groups (broad SMARTS) is 1. The van der Waals surface area contributed by atoms with Gasteiger partial charge in [0.2, 0.25) is 0 Å². The molecule has 0 amide bonds. The molecule has 1 unspecified atom stereocenters. The minimum absolute atomic E-state index is 0.375. The quantitative estimate of drug-likeness (QED) is 0.717. The van der Waals surface area contributed by atoms with Gasteiger partial charge in [-0.25, -0.2) is 4.79 Å². The molecule has 25 heavy (non-hydrogen) atoms. The predicted molar refractivity (Wildman–Crippen MR) is 96.1 cm³/mol. The monoisotopic (exact) mass is 422 g/mol. The van der Waals surface area contributed by atoms with E-state index in [1.54, 1.807) is 0 Å². The zero-order chi connectivity index (χ0) is 19.2. The number of benzene rings is 1. The molecule has 140 valence electrons. The largest absolute Gasteiger partial charge is 0.490 e. The average molecular weight is 423 g/mol. The lowest BCUT2D eigenvalue weighted by atomic mass is 10.0. The van der Waals surface area contributed by atoms with E-state index in [-0.39, 0.29) is 0 Å². The van der Waals surface area contributed by atoms with Crippen LogP contribution in [0, 0.1) is 0 Å². The van der Waals surface area contributed by atoms with E-state index in [1.165, 1.54) is 15.7 Å². The molecular formula is C17H22BrF3N2O2. The molecule has 0 aromatic heterocycles. The molecule has 0 aliphatic carbocycles. The second-order valence-corrected chi connectivity index (χ2v) is 6.72. The van der Waals surface area contributed by atoms with Crippen molar-refractivity contribution in [1.82, 2.24) is 5.32 Å². The van der Waals surface area contributed by atoms with E-state index in [0.717, 1.165) is 19.6 Å². The summed E-state index contributed by atoms with van der Waals surface area (Å²) in [6, 6.07) is 7.07. The number of anilines is 1. The topological polar surface area (TPSA) is 52.6 Å². The highest BCUT2D eigenvalue weighted by Crippen LogP contribution is 2.31. The van der Waals surface area contributed by atoms with Crippen molar-refractivity contribution in [3.63, 3.8) is 0 Å². The first kappa shape index (κ1) is 21.5. The van der Waals surface area contributed by atoms with Crippen LogP contribution in [0.4, 0.5) is 18.9 Å². The normalized spacial score (nSPS) is 17.7. The fraction of sp³-hybridized carbons (Fsp3) is 0.471. The Kier molecular flexibility index (Phi) is 7.95. The van der Waals surface area contributed by atoms with Gasteiger partial charge in [0.1, 0.15) is 0 Å². The summed E-state index contributed by atoms with van der Waals surface area (Å²) in [5.74, 6) is -2.19. The maximum absolute atomic E-state index is 10.6. The third-order valence-corrected chi connectivity index (χ3v) is 4.38. The number of halogens is 4. The number of hydrogen-bond donors (Lipinski definition) is 2. The predicted octanol–water partition coefficient (Wildman–Crippen LogP) is 4.17. The summed E-state index contributed by atoms with van der Waals surface area (Å²) in [6.07, 6.45) is -3.06. The number of carboxylic acids is 1. The Morgan fingerprint density at radius 1 is 1.48 bits per heavy atom.